The Balaban J connectivity index is 0.815. The van der Waals surface area contributed by atoms with Crippen molar-refractivity contribution in [3.05, 3.63) is 88.1 Å². The molecule has 3 aliphatic heterocycles. The maximum atomic E-state index is 13.3. The van der Waals surface area contributed by atoms with Gasteiger partial charge in [0.25, 0.3) is 11.8 Å². The highest BCUT2D eigenvalue weighted by Gasteiger charge is 2.46. The largest absolute Gasteiger partial charge is 0.490 e. The lowest BCUT2D eigenvalue weighted by molar-refractivity contribution is -0.136. The number of fused-ring (bicyclic) bond motifs is 1. The van der Waals surface area contributed by atoms with E-state index in [1.165, 1.54) is 17.8 Å². The van der Waals surface area contributed by atoms with Crippen molar-refractivity contribution in [3.63, 3.8) is 0 Å². The van der Waals surface area contributed by atoms with Gasteiger partial charge >= 0.3 is 0 Å². The van der Waals surface area contributed by atoms with Gasteiger partial charge in [-0.25, -0.2) is 13.4 Å². The zero-order valence-electron chi connectivity index (χ0n) is 40.0. The number of aryl methyl sites for hydroxylation is 1. The number of piperidine rings is 2. The van der Waals surface area contributed by atoms with E-state index in [0.29, 0.717) is 56.3 Å². The average Bonchev–Trinajstić information content (AvgIpc) is 3.57. The second-order valence-corrected chi connectivity index (χ2v) is 20.9. The van der Waals surface area contributed by atoms with Crippen LogP contribution in [0.25, 0.3) is 0 Å². The smallest absolute Gasteiger partial charge is 0.266 e. The number of anilines is 4. The Hall–Kier alpha value is -5.99. The van der Waals surface area contributed by atoms with Crippen LogP contribution in [0, 0.1) is 6.92 Å². The fourth-order valence-corrected chi connectivity index (χ4v) is 10.0. The van der Waals surface area contributed by atoms with E-state index in [-0.39, 0.29) is 82.4 Å². The van der Waals surface area contributed by atoms with Gasteiger partial charge < -0.3 is 29.6 Å². The maximum Gasteiger partial charge on any atom is 0.266 e. The fraction of sp³-hybridized carbons (Fsp3) is 0.460. The summed E-state index contributed by atoms with van der Waals surface area (Å²) >= 11 is 6.50. The van der Waals surface area contributed by atoms with Crippen molar-refractivity contribution < 1.29 is 51.3 Å². The lowest BCUT2D eigenvalue weighted by Crippen LogP contribution is -2.54. The van der Waals surface area contributed by atoms with E-state index in [9.17, 15) is 32.4 Å². The SMILES string of the molecule is Cc1cc(Nc2ncc(Cl)c(Nc3ccccc3S(=O)(=O)C(C)C)n2)c(OC(C)C)cc1C1CCN(CC(=O)CCCOCCOCCOc2cccc3c2C(=O)N(C2CCC(=O)NC2=O)C3=O)CC1. The molecule has 0 bridgehead atoms. The van der Waals surface area contributed by atoms with E-state index in [2.05, 4.69) is 43.8 Å². The molecule has 4 heterocycles. The number of nitrogens with zero attached hydrogens (tertiary/aromatic N) is 4. The number of likely N-dealkylation sites (tertiary alicyclic amines) is 1. The zero-order valence-corrected chi connectivity index (χ0v) is 41.6. The molecule has 20 heteroatoms. The van der Waals surface area contributed by atoms with Gasteiger partial charge in [0.05, 0.1) is 71.3 Å². The number of sulfone groups is 1. The molecular formula is C50H60ClN7O11S. The predicted molar refractivity (Wildman–Crippen MR) is 262 cm³/mol. The molecule has 1 atom stereocenters. The normalized spacial score (nSPS) is 16.7. The van der Waals surface area contributed by atoms with Crippen molar-refractivity contribution >= 4 is 74.0 Å². The number of halogens is 1. The van der Waals surface area contributed by atoms with Gasteiger partial charge in [0.2, 0.25) is 17.8 Å². The number of ether oxygens (including phenoxy) is 4. The monoisotopic (exact) mass is 1000 g/mol. The van der Waals surface area contributed by atoms with Crippen molar-refractivity contribution in [2.45, 2.75) is 101 Å². The summed E-state index contributed by atoms with van der Waals surface area (Å²) in [5.41, 5.74) is 3.50. The topological polar surface area (TPSA) is 225 Å². The first-order chi connectivity index (χ1) is 33.5. The third-order valence-electron chi connectivity index (χ3n) is 12.2. The van der Waals surface area contributed by atoms with Crippen molar-refractivity contribution in [3.8, 4) is 11.5 Å². The minimum absolute atomic E-state index is 0.0343. The van der Waals surface area contributed by atoms with E-state index in [1.807, 2.05) is 19.9 Å². The standard InChI is InChI=1S/C50H60ClN7O11S/c1-30(2)69-42-27-36(32(5)26-39(42)54-50-52-28-37(51)46(56-50)53-38-12-6-7-14-43(38)70(64,65)31(3)4)33-17-19-57(20-18-33)29-34(59)10-9-21-66-22-23-67-24-25-68-41-13-8-11-35-45(41)49(63)58(48(35)62)40-15-16-44(60)55-47(40)61/h6-8,11-14,26-28,30-31,33,40H,9-10,15-25,29H2,1-5H3,(H,55,60,61)(H2,52,53,54,56). The average molecular weight is 1000 g/mol. The predicted octanol–water partition coefficient (Wildman–Crippen LogP) is 6.94. The molecule has 0 saturated carbocycles. The lowest BCUT2D eigenvalue weighted by atomic mass is 9.86. The minimum atomic E-state index is -3.59. The van der Waals surface area contributed by atoms with Crippen molar-refractivity contribution in [2.75, 3.05) is 63.3 Å². The number of amides is 4. The maximum absolute atomic E-state index is 13.3. The van der Waals surface area contributed by atoms with Crippen LogP contribution in [0.4, 0.5) is 23.1 Å². The molecule has 0 aliphatic carbocycles. The van der Waals surface area contributed by atoms with Crippen LogP contribution in [0.5, 0.6) is 11.5 Å². The molecule has 2 saturated heterocycles. The van der Waals surface area contributed by atoms with E-state index >= 15 is 0 Å². The molecule has 18 nitrogen and oxygen atoms in total. The number of carbonyl (C=O) groups excluding carboxylic acids is 5. The highest BCUT2D eigenvalue weighted by atomic mass is 35.5. The van der Waals surface area contributed by atoms with E-state index in [4.69, 9.17) is 30.5 Å². The summed E-state index contributed by atoms with van der Waals surface area (Å²) in [6, 6.07) is 14.4. The Morgan fingerprint density at radius 3 is 2.33 bits per heavy atom. The number of imide groups is 2. The molecule has 2 fully saturated rings. The molecule has 0 spiro atoms. The molecule has 374 valence electrons. The molecule has 1 aromatic heterocycles. The molecular weight excluding hydrogens is 942 g/mol. The molecule has 1 unspecified atom stereocenters. The number of nitrogens with one attached hydrogen (secondary N) is 3. The third-order valence-corrected chi connectivity index (χ3v) is 14.7. The lowest BCUT2D eigenvalue weighted by Gasteiger charge is -2.33. The van der Waals surface area contributed by atoms with Crippen LogP contribution in [0.1, 0.15) is 104 Å². The number of hydrogen-bond acceptors (Lipinski definition) is 16. The first-order valence-corrected chi connectivity index (χ1v) is 25.5. The molecule has 7 rings (SSSR count). The Bertz CT molecular complexity index is 2710. The van der Waals surface area contributed by atoms with Crippen LogP contribution in [0.15, 0.2) is 65.7 Å². The minimum Gasteiger partial charge on any atom is -0.490 e. The van der Waals surface area contributed by atoms with E-state index in [1.54, 1.807) is 50.2 Å². The molecule has 0 radical (unpaired) electrons. The van der Waals surface area contributed by atoms with Gasteiger partial charge in [0.15, 0.2) is 15.7 Å². The molecule has 3 aliphatic rings. The molecule has 4 amide bonds. The number of rotatable bonds is 23. The summed E-state index contributed by atoms with van der Waals surface area (Å²) in [5, 5.41) is 8.18. The number of aromatic nitrogens is 2. The van der Waals surface area contributed by atoms with Crippen molar-refractivity contribution in [2.24, 2.45) is 0 Å². The quantitative estimate of drug-likeness (QED) is 0.0506. The highest BCUT2D eigenvalue weighted by Crippen LogP contribution is 2.39. The number of hydrogen-bond donors (Lipinski definition) is 3. The van der Waals surface area contributed by atoms with Gasteiger partial charge in [-0.05, 0) is 127 Å². The summed E-state index contributed by atoms with van der Waals surface area (Å²) in [6.07, 6.45) is 4.20. The second kappa shape index (κ2) is 23.3. The van der Waals surface area contributed by atoms with Gasteiger partial charge in [0.1, 0.15) is 35.0 Å². The van der Waals surface area contributed by atoms with E-state index < -0.39 is 44.8 Å². The fourth-order valence-electron chi connectivity index (χ4n) is 8.67. The Labute approximate surface area is 413 Å². The van der Waals surface area contributed by atoms with Crippen molar-refractivity contribution in [1.29, 1.82) is 0 Å². The summed E-state index contributed by atoms with van der Waals surface area (Å²) < 4.78 is 49.6. The van der Waals surface area contributed by atoms with Crippen LogP contribution in [0.2, 0.25) is 5.02 Å². The first kappa shape index (κ1) is 51.8. The van der Waals surface area contributed by atoms with Crippen LogP contribution in [-0.2, 0) is 33.7 Å². The van der Waals surface area contributed by atoms with Gasteiger partial charge in [-0.15, -0.1) is 0 Å². The van der Waals surface area contributed by atoms with Gasteiger partial charge in [-0.2, -0.15) is 4.98 Å². The third kappa shape index (κ3) is 12.5. The number of benzene rings is 3. The molecule has 4 aromatic rings. The molecule has 70 heavy (non-hydrogen) atoms. The Kier molecular flexibility index (Phi) is 17.2. The summed E-state index contributed by atoms with van der Waals surface area (Å²) in [7, 11) is -3.59. The van der Waals surface area contributed by atoms with E-state index in [0.717, 1.165) is 36.4 Å². The highest BCUT2D eigenvalue weighted by molar-refractivity contribution is 7.92. The summed E-state index contributed by atoms with van der Waals surface area (Å²) in [6.45, 7) is 12.5. The summed E-state index contributed by atoms with van der Waals surface area (Å²) in [5.74, 6) is -0.586. The van der Waals surface area contributed by atoms with Crippen LogP contribution in [-0.4, -0.2) is 128 Å². The van der Waals surface area contributed by atoms with Gasteiger partial charge in [-0.1, -0.05) is 29.8 Å². The molecule has 3 N–H and O–H groups in total. The number of ketones is 1. The summed E-state index contributed by atoms with van der Waals surface area (Å²) in [4.78, 5) is 75.5. The van der Waals surface area contributed by atoms with Crippen LogP contribution in [0.3, 0.4) is 0 Å². The van der Waals surface area contributed by atoms with Crippen molar-refractivity contribution in [1.82, 2.24) is 25.1 Å². The van der Waals surface area contributed by atoms with Crippen LogP contribution < -0.4 is 25.4 Å². The van der Waals surface area contributed by atoms with Crippen LogP contribution >= 0.6 is 11.6 Å². The molecule has 3 aromatic carbocycles. The number of para-hydroxylation sites is 1. The zero-order chi connectivity index (χ0) is 50.1. The first-order valence-electron chi connectivity index (χ1n) is 23.6. The Morgan fingerprint density at radius 1 is 0.871 bits per heavy atom. The number of Topliss-reactive ketones (excluding diaryl/α,β-unsaturated/α-hetero) is 1. The Morgan fingerprint density at radius 2 is 1.60 bits per heavy atom. The van der Waals surface area contributed by atoms with Gasteiger partial charge in [-0.3, -0.25) is 39.1 Å². The number of carbonyl (C=O) groups is 5. The second-order valence-electron chi connectivity index (χ2n) is 18.0. The van der Waals surface area contributed by atoms with Gasteiger partial charge in [0, 0.05) is 19.4 Å².